The van der Waals surface area contributed by atoms with Crippen LogP contribution in [0, 0.1) is 0 Å². The second-order valence-electron chi connectivity index (χ2n) is 4.66. The molecule has 0 saturated carbocycles. The topological polar surface area (TPSA) is 43.4 Å². The number of aryl methyl sites for hydroxylation is 1. The van der Waals surface area contributed by atoms with Crippen molar-refractivity contribution in [2.24, 2.45) is 0 Å². The van der Waals surface area contributed by atoms with Crippen LogP contribution in [0.5, 0.6) is 5.75 Å². The lowest BCUT2D eigenvalue weighted by atomic mass is 10.0. The van der Waals surface area contributed by atoms with Crippen molar-refractivity contribution in [1.29, 1.82) is 0 Å². The van der Waals surface area contributed by atoms with Crippen molar-refractivity contribution >= 4 is 12.3 Å². The van der Waals surface area contributed by atoms with Crippen molar-refractivity contribution in [2.45, 2.75) is 51.9 Å². The molecule has 1 aromatic rings. The molecule has 0 saturated heterocycles. The van der Waals surface area contributed by atoms with Crippen LogP contribution >= 0.6 is 0 Å². The molecule has 0 heterocycles. The molecule has 0 unspecified atom stereocenters. The second-order valence-corrected chi connectivity index (χ2v) is 4.66. The molecule has 1 rings (SSSR count). The van der Waals surface area contributed by atoms with Crippen molar-refractivity contribution < 1.29 is 14.3 Å². The highest BCUT2D eigenvalue weighted by Crippen LogP contribution is 2.20. The van der Waals surface area contributed by atoms with E-state index < -0.39 is 5.97 Å². The average Bonchev–Trinajstić information content (AvgIpc) is 2.44. The molecule has 0 bridgehead atoms. The maximum Gasteiger partial charge on any atom is 0.376 e. The minimum absolute atomic E-state index is 0.196. The van der Waals surface area contributed by atoms with Gasteiger partial charge in [-0.2, -0.15) is 0 Å². The predicted octanol–water partition coefficient (Wildman–Crippen LogP) is 3.69. The summed E-state index contributed by atoms with van der Waals surface area (Å²) < 4.78 is 4.98. The molecule has 0 spiro atoms. The Morgan fingerprint density at radius 2 is 1.79 bits per heavy atom. The van der Waals surface area contributed by atoms with Crippen LogP contribution in [0.2, 0.25) is 0 Å². The third-order valence-electron chi connectivity index (χ3n) is 3.08. The van der Waals surface area contributed by atoms with Gasteiger partial charge in [0.15, 0.2) is 0 Å². The molecule has 0 aliphatic heterocycles. The number of aldehydes is 1. The molecular weight excluding hydrogens is 240 g/mol. The highest BCUT2D eigenvalue weighted by molar-refractivity contribution is 6.21. The van der Waals surface area contributed by atoms with Gasteiger partial charge in [-0.15, -0.1) is 0 Å². The Kier molecular flexibility index (Phi) is 7.56. The monoisotopic (exact) mass is 262 g/mol. The summed E-state index contributed by atoms with van der Waals surface area (Å²) in [7, 11) is 0. The number of hydrogen-bond acceptors (Lipinski definition) is 3. The van der Waals surface area contributed by atoms with Crippen LogP contribution < -0.4 is 4.74 Å². The van der Waals surface area contributed by atoms with Gasteiger partial charge in [-0.3, -0.25) is 4.79 Å². The normalized spacial score (nSPS) is 10.2. The zero-order valence-corrected chi connectivity index (χ0v) is 11.6. The summed E-state index contributed by atoms with van der Waals surface area (Å²) in [5.74, 6) is -0.330. The quantitative estimate of drug-likeness (QED) is 0.224. The Morgan fingerprint density at radius 3 is 2.53 bits per heavy atom. The molecule has 0 aliphatic rings. The fourth-order valence-electron chi connectivity index (χ4n) is 2.04. The van der Waals surface area contributed by atoms with Crippen molar-refractivity contribution in [3.63, 3.8) is 0 Å². The standard InChI is InChI=1S/C16H22O3/c1-2-3-4-5-6-7-10-14-11-8-9-12-15(14)19-16(18)13-17/h8-9,11-13H,2-7,10H2,1H3. The van der Waals surface area contributed by atoms with E-state index in [1.54, 1.807) is 12.1 Å². The summed E-state index contributed by atoms with van der Waals surface area (Å²) >= 11 is 0. The Labute approximate surface area is 115 Å². The van der Waals surface area contributed by atoms with E-state index in [4.69, 9.17) is 4.74 Å². The number of carbonyl (C=O) groups is 2. The fraction of sp³-hybridized carbons (Fsp3) is 0.500. The summed E-state index contributed by atoms with van der Waals surface area (Å²) in [6.07, 6.45) is 8.45. The van der Waals surface area contributed by atoms with Crippen molar-refractivity contribution in [1.82, 2.24) is 0 Å². The van der Waals surface area contributed by atoms with E-state index in [0.29, 0.717) is 5.75 Å². The Hall–Kier alpha value is -1.64. The first-order chi connectivity index (χ1) is 9.27. The predicted molar refractivity (Wildman–Crippen MR) is 75.2 cm³/mol. The lowest BCUT2D eigenvalue weighted by molar-refractivity contribution is -0.141. The van der Waals surface area contributed by atoms with Crippen LogP contribution in [0.3, 0.4) is 0 Å². The van der Waals surface area contributed by atoms with Crippen LogP contribution in [0.4, 0.5) is 0 Å². The summed E-state index contributed by atoms with van der Waals surface area (Å²) in [6.45, 7) is 2.21. The van der Waals surface area contributed by atoms with Gasteiger partial charge in [0.25, 0.3) is 0 Å². The molecule has 104 valence electrons. The van der Waals surface area contributed by atoms with Gasteiger partial charge in [-0.1, -0.05) is 57.2 Å². The van der Waals surface area contributed by atoms with Crippen LogP contribution in [-0.4, -0.2) is 12.3 Å². The van der Waals surface area contributed by atoms with Gasteiger partial charge >= 0.3 is 5.97 Å². The van der Waals surface area contributed by atoms with E-state index in [1.165, 1.54) is 32.1 Å². The van der Waals surface area contributed by atoms with Crippen molar-refractivity contribution in [3.05, 3.63) is 29.8 Å². The number of esters is 1. The molecular formula is C16H22O3. The Morgan fingerprint density at radius 1 is 1.11 bits per heavy atom. The van der Waals surface area contributed by atoms with Crippen molar-refractivity contribution in [3.8, 4) is 5.75 Å². The molecule has 0 amide bonds. The maximum absolute atomic E-state index is 11.0. The summed E-state index contributed by atoms with van der Waals surface area (Å²) in [4.78, 5) is 21.3. The van der Waals surface area contributed by atoms with E-state index in [-0.39, 0.29) is 6.29 Å². The minimum Gasteiger partial charge on any atom is -0.421 e. The van der Waals surface area contributed by atoms with Gasteiger partial charge in [0.1, 0.15) is 5.75 Å². The number of para-hydroxylation sites is 1. The fourth-order valence-corrected chi connectivity index (χ4v) is 2.04. The van der Waals surface area contributed by atoms with Gasteiger partial charge in [-0.25, -0.2) is 4.79 Å². The smallest absolute Gasteiger partial charge is 0.376 e. The minimum atomic E-state index is -0.838. The maximum atomic E-state index is 11.0. The molecule has 0 aliphatic carbocycles. The van der Waals surface area contributed by atoms with Crippen LogP contribution in [0.1, 0.15) is 51.0 Å². The molecule has 0 fully saturated rings. The first kappa shape index (κ1) is 15.4. The molecule has 3 heteroatoms. The zero-order chi connectivity index (χ0) is 13.9. The lowest BCUT2D eigenvalue weighted by Gasteiger charge is -2.08. The van der Waals surface area contributed by atoms with Gasteiger partial charge in [-0.05, 0) is 24.5 Å². The third-order valence-corrected chi connectivity index (χ3v) is 3.08. The zero-order valence-electron chi connectivity index (χ0n) is 11.6. The number of ether oxygens (including phenoxy) is 1. The third kappa shape index (κ3) is 6.18. The summed E-state index contributed by atoms with van der Waals surface area (Å²) in [5, 5.41) is 0. The van der Waals surface area contributed by atoms with Crippen LogP contribution in [-0.2, 0) is 16.0 Å². The number of hydrogen-bond donors (Lipinski definition) is 0. The molecule has 0 radical (unpaired) electrons. The molecule has 0 atom stereocenters. The van der Waals surface area contributed by atoms with E-state index in [2.05, 4.69) is 6.92 Å². The van der Waals surface area contributed by atoms with E-state index in [0.717, 1.165) is 18.4 Å². The summed E-state index contributed by atoms with van der Waals surface area (Å²) in [5.41, 5.74) is 0.994. The van der Waals surface area contributed by atoms with Gasteiger partial charge in [0.05, 0.1) is 0 Å². The first-order valence-electron chi connectivity index (χ1n) is 7.02. The highest BCUT2D eigenvalue weighted by Gasteiger charge is 2.07. The second kappa shape index (κ2) is 9.31. The highest BCUT2D eigenvalue weighted by atomic mass is 16.5. The average molecular weight is 262 g/mol. The Balaban J connectivity index is 2.40. The lowest BCUT2D eigenvalue weighted by Crippen LogP contribution is -2.10. The van der Waals surface area contributed by atoms with Crippen LogP contribution in [0.25, 0.3) is 0 Å². The van der Waals surface area contributed by atoms with E-state index in [1.807, 2.05) is 12.1 Å². The summed E-state index contributed by atoms with van der Waals surface area (Å²) in [6, 6.07) is 7.40. The molecule has 0 N–H and O–H groups in total. The molecule has 1 aromatic carbocycles. The van der Waals surface area contributed by atoms with Gasteiger partial charge in [0.2, 0.25) is 6.29 Å². The SMILES string of the molecule is CCCCCCCCc1ccccc1OC(=O)C=O. The van der Waals surface area contributed by atoms with E-state index >= 15 is 0 Å². The van der Waals surface area contributed by atoms with Crippen LogP contribution in [0.15, 0.2) is 24.3 Å². The number of rotatable bonds is 9. The van der Waals surface area contributed by atoms with Gasteiger partial charge < -0.3 is 4.74 Å². The molecule has 19 heavy (non-hydrogen) atoms. The first-order valence-corrected chi connectivity index (χ1v) is 7.02. The Bertz CT molecular complexity index is 399. The van der Waals surface area contributed by atoms with E-state index in [9.17, 15) is 9.59 Å². The van der Waals surface area contributed by atoms with Crippen molar-refractivity contribution in [2.75, 3.05) is 0 Å². The molecule has 3 nitrogen and oxygen atoms in total. The number of unbranched alkanes of at least 4 members (excludes halogenated alkanes) is 5. The number of benzene rings is 1. The largest absolute Gasteiger partial charge is 0.421 e. The molecule has 0 aromatic heterocycles. The van der Waals surface area contributed by atoms with Gasteiger partial charge in [0, 0.05) is 0 Å². The number of carbonyl (C=O) groups excluding carboxylic acids is 2.